The first kappa shape index (κ1) is 15.3. The molecular weight excluding hydrogens is 354 g/mol. The zero-order chi connectivity index (χ0) is 15.0. The van der Waals surface area contributed by atoms with Crippen LogP contribution in [-0.2, 0) is 4.74 Å². The highest BCUT2D eigenvalue weighted by molar-refractivity contribution is 9.10. The maximum Gasteiger partial charge on any atom is 0.150 e. The molecule has 2 aromatic rings. The van der Waals surface area contributed by atoms with Gasteiger partial charge >= 0.3 is 0 Å². The Bertz CT molecular complexity index is 652. The van der Waals surface area contributed by atoms with Crippen molar-refractivity contribution in [2.75, 3.05) is 13.2 Å². The number of fused-ring (bicyclic) bond motifs is 1. The molecule has 1 aromatic carbocycles. The van der Waals surface area contributed by atoms with Crippen LogP contribution in [0.2, 0.25) is 5.02 Å². The summed E-state index contributed by atoms with van der Waals surface area (Å²) in [5.74, 6) is 0.200. The number of rotatable bonds is 3. The minimum absolute atomic E-state index is 0.0111. The van der Waals surface area contributed by atoms with Crippen molar-refractivity contribution in [1.29, 1.82) is 0 Å². The third-order valence-corrected chi connectivity index (χ3v) is 5.27. The van der Waals surface area contributed by atoms with Gasteiger partial charge in [-0.05, 0) is 59.3 Å². The SMILES string of the molecule is CC(CN)c1c(Cl)cc2c(cnn2C2CCCCO2)c1Br. The number of aromatic nitrogens is 2. The third-order valence-electron chi connectivity index (χ3n) is 4.10. The summed E-state index contributed by atoms with van der Waals surface area (Å²) < 4.78 is 8.77. The molecule has 114 valence electrons. The van der Waals surface area contributed by atoms with Crippen LogP contribution in [-0.4, -0.2) is 22.9 Å². The van der Waals surface area contributed by atoms with Crippen molar-refractivity contribution in [1.82, 2.24) is 9.78 Å². The Balaban J connectivity index is 2.10. The lowest BCUT2D eigenvalue weighted by Crippen LogP contribution is -2.19. The van der Waals surface area contributed by atoms with Gasteiger partial charge < -0.3 is 10.5 Å². The summed E-state index contributed by atoms with van der Waals surface area (Å²) in [6, 6.07) is 1.98. The van der Waals surface area contributed by atoms with E-state index in [-0.39, 0.29) is 12.1 Å². The quantitative estimate of drug-likeness (QED) is 0.878. The van der Waals surface area contributed by atoms with Crippen LogP contribution >= 0.6 is 27.5 Å². The zero-order valence-electron chi connectivity index (χ0n) is 12.0. The van der Waals surface area contributed by atoms with Crippen molar-refractivity contribution in [2.24, 2.45) is 5.73 Å². The fourth-order valence-corrected chi connectivity index (χ4v) is 4.26. The first-order valence-electron chi connectivity index (χ1n) is 7.30. The van der Waals surface area contributed by atoms with Crippen molar-refractivity contribution in [3.05, 3.63) is 27.3 Å². The third kappa shape index (κ3) is 2.72. The Morgan fingerprint density at radius 3 is 3.05 bits per heavy atom. The average molecular weight is 373 g/mol. The lowest BCUT2D eigenvalue weighted by Gasteiger charge is -2.24. The number of hydrogen-bond donors (Lipinski definition) is 1. The Kier molecular flexibility index (Phi) is 4.54. The van der Waals surface area contributed by atoms with E-state index in [2.05, 4.69) is 28.0 Å². The van der Waals surface area contributed by atoms with E-state index in [4.69, 9.17) is 22.1 Å². The molecule has 2 unspecified atom stereocenters. The molecule has 21 heavy (non-hydrogen) atoms. The normalized spacial score (nSPS) is 20.9. The summed E-state index contributed by atoms with van der Waals surface area (Å²) in [5.41, 5.74) is 7.85. The van der Waals surface area contributed by atoms with Crippen LogP contribution in [0.25, 0.3) is 10.9 Å². The maximum absolute atomic E-state index is 6.48. The van der Waals surface area contributed by atoms with Crippen LogP contribution in [0.4, 0.5) is 0 Å². The van der Waals surface area contributed by atoms with Crippen LogP contribution in [0.5, 0.6) is 0 Å². The smallest absolute Gasteiger partial charge is 0.150 e. The van der Waals surface area contributed by atoms with E-state index < -0.39 is 0 Å². The molecule has 3 rings (SSSR count). The molecule has 1 aliphatic rings. The molecule has 0 saturated carbocycles. The molecule has 6 heteroatoms. The summed E-state index contributed by atoms with van der Waals surface area (Å²) in [7, 11) is 0. The van der Waals surface area contributed by atoms with Gasteiger partial charge in [0.15, 0.2) is 6.23 Å². The molecule has 2 atom stereocenters. The average Bonchev–Trinajstić information content (AvgIpc) is 2.91. The number of ether oxygens (including phenoxy) is 1. The molecule has 0 spiro atoms. The van der Waals surface area contributed by atoms with Crippen molar-refractivity contribution in [3.63, 3.8) is 0 Å². The van der Waals surface area contributed by atoms with E-state index in [1.54, 1.807) is 0 Å². The summed E-state index contributed by atoms with van der Waals surface area (Å²) >= 11 is 10.2. The molecule has 1 aliphatic heterocycles. The van der Waals surface area contributed by atoms with Gasteiger partial charge in [-0.2, -0.15) is 5.10 Å². The molecule has 1 fully saturated rings. The highest BCUT2D eigenvalue weighted by atomic mass is 79.9. The van der Waals surface area contributed by atoms with Crippen molar-refractivity contribution >= 4 is 38.4 Å². The van der Waals surface area contributed by atoms with E-state index in [9.17, 15) is 0 Å². The number of halogens is 2. The zero-order valence-corrected chi connectivity index (χ0v) is 14.3. The summed E-state index contributed by atoms with van der Waals surface area (Å²) in [6.45, 7) is 3.43. The van der Waals surface area contributed by atoms with Gasteiger partial charge in [-0.3, -0.25) is 0 Å². The van der Waals surface area contributed by atoms with Crippen LogP contribution in [0, 0.1) is 0 Å². The largest absolute Gasteiger partial charge is 0.356 e. The van der Waals surface area contributed by atoms with Gasteiger partial charge in [0.2, 0.25) is 0 Å². The first-order valence-corrected chi connectivity index (χ1v) is 8.47. The fraction of sp³-hybridized carbons (Fsp3) is 0.533. The maximum atomic E-state index is 6.48. The molecular formula is C15H19BrClN3O. The van der Waals surface area contributed by atoms with E-state index >= 15 is 0 Å². The second kappa shape index (κ2) is 6.24. The minimum Gasteiger partial charge on any atom is -0.356 e. The summed E-state index contributed by atoms with van der Waals surface area (Å²) in [5, 5.41) is 6.30. The number of benzene rings is 1. The van der Waals surface area contributed by atoms with Crippen molar-refractivity contribution in [2.45, 2.75) is 38.3 Å². The molecule has 2 heterocycles. The standard InChI is InChI=1S/C15H19BrClN3O/c1-9(7-18)14-11(17)6-12-10(15(14)16)8-19-20(12)13-4-2-3-5-21-13/h6,8-9,13H,2-5,7,18H2,1H3. The summed E-state index contributed by atoms with van der Waals surface area (Å²) in [4.78, 5) is 0. The van der Waals surface area contributed by atoms with Gasteiger partial charge in [0, 0.05) is 21.5 Å². The molecule has 2 N–H and O–H groups in total. The predicted octanol–water partition coefficient (Wildman–Crippen LogP) is 4.21. The van der Waals surface area contributed by atoms with Crippen LogP contribution in [0.1, 0.15) is 43.9 Å². The van der Waals surface area contributed by atoms with Gasteiger partial charge in [0.05, 0.1) is 11.7 Å². The molecule has 4 nitrogen and oxygen atoms in total. The second-order valence-corrected chi connectivity index (χ2v) is 6.77. The van der Waals surface area contributed by atoms with Crippen molar-refractivity contribution in [3.8, 4) is 0 Å². The number of nitrogens with zero attached hydrogens (tertiary/aromatic N) is 2. The van der Waals surface area contributed by atoms with Gasteiger partial charge in [-0.25, -0.2) is 4.68 Å². The van der Waals surface area contributed by atoms with E-state index in [0.717, 1.165) is 45.4 Å². The Morgan fingerprint density at radius 1 is 1.57 bits per heavy atom. The van der Waals surface area contributed by atoms with Gasteiger partial charge in [-0.1, -0.05) is 18.5 Å². The fourth-order valence-electron chi connectivity index (χ4n) is 2.85. The number of nitrogens with two attached hydrogens (primary N) is 1. The molecule has 0 bridgehead atoms. The van der Waals surface area contributed by atoms with Gasteiger partial charge in [-0.15, -0.1) is 0 Å². The first-order chi connectivity index (χ1) is 10.1. The highest BCUT2D eigenvalue weighted by Crippen LogP contribution is 2.39. The number of hydrogen-bond acceptors (Lipinski definition) is 3. The van der Waals surface area contributed by atoms with Crippen LogP contribution in [0.3, 0.4) is 0 Å². The lowest BCUT2D eigenvalue weighted by atomic mass is 10.00. The molecule has 1 saturated heterocycles. The van der Waals surface area contributed by atoms with Gasteiger partial charge in [0.1, 0.15) is 0 Å². The van der Waals surface area contributed by atoms with E-state index in [1.165, 1.54) is 6.42 Å². The Labute approximate surface area is 137 Å². The molecule has 0 radical (unpaired) electrons. The monoisotopic (exact) mass is 371 g/mol. The van der Waals surface area contributed by atoms with Gasteiger partial charge in [0.25, 0.3) is 0 Å². The van der Waals surface area contributed by atoms with E-state index in [1.807, 2.05) is 16.9 Å². The molecule has 0 amide bonds. The molecule has 0 aliphatic carbocycles. The van der Waals surface area contributed by atoms with Crippen LogP contribution in [0.15, 0.2) is 16.7 Å². The summed E-state index contributed by atoms with van der Waals surface area (Å²) in [6.07, 6.45) is 5.17. The molecule has 1 aromatic heterocycles. The predicted molar refractivity (Wildman–Crippen MR) is 88.8 cm³/mol. The Hall–Kier alpha value is -0.620. The topological polar surface area (TPSA) is 53.1 Å². The minimum atomic E-state index is 0.0111. The van der Waals surface area contributed by atoms with Crippen molar-refractivity contribution < 1.29 is 4.74 Å². The highest BCUT2D eigenvalue weighted by Gasteiger charge is 2.22. The van der Waals surface area contributed by atoms with Crippen LogP contribution < -0.4 is 5.73 Å². The van der Waals surface area contributed by atoms with E-state index in [0.29, 0.717) is 6.54 Å². The second-order valence-electron chi connectivity index (χ2n) is 5.57. The lowest BCUT2D eigenvalue weighted by molar-refractivity contribution is -0.0366. The Morgan fingerprint density at radius 2 is 2.38 bits per heavy atom.